The molecule has 0 aliphatic heterocycles. The van der Waals surface area contributed by atoms with E-state index in [2.05, 4.69) is 15.5 Å². The molecular formula is C13H17Cl2N3O. The lowest BCUT2D eigenvalue weighted by atomic mass is 9.96. The lowest BCUT2D eigenvalue weighted by molar-refractivity contribution is 0.0930. The fourth-order valence-electron chi connectivity index (χ4n) is 2.38. The van der Waals surface area contributed by atoms with Crippen LogP contribution in [0.25, 0.3) is 0 Å². The summed E-state index contributed by atoms with van der Waals surface area (Å²) in [7, 11) is 0. The average Bonchev–Trinajstić information content (AvgIpc) is 2.35. The normalized spacial score (nSPS) is 17.6. The minimum absolute atomic E-state index is 0.0905. The molecule has 6 heteroatoms. The van der Waals surface area contributed by atoms with Crippen LogP contribution < -0.4 is 5.32 Å². The van der Waals surface area contributed by atoms with Crippen molar-refractivity contribution >= 4 is 29.1 Å². The third kappa shape index (κ3) is 4.32. The van der Waals surface area contributed by atoms with Crippen molar-refractivity contribution in [2.45, 2.75) is 51.0 Å². The molecule has 4 nitrogen and oxygen atoms in total. The molecule has 0 bridgehead atoms. The summed E-state index contributed by atoms with van der Waals surface area (Å²) in [5.74, 6) is -0.215. The maximum atomic E-state index is 12.2. The molecule has 0 atom stereocenters. The van der Waals surface area contributed by atoms with Gasteiger partial charge in [-0.15, -0.1) is 10.2 Å². The summed E-state index contributed by atoms with van der Waals surface area (Å²) < 4.78 is 0. The van der Waals surface area contributed by atoms with Crippen LogP contribution in [0.5, 0.6) is 0 Å². The summed E-state index contributed by atoms with van der Waals surface area (Å²) in [4.78, 5) is 12.2. The predicted octanol–water partition coefficient (Wildman–Crippen LogP) is 3.63. The van der Waals surface area contributed by atoms with Crippen molar-refractivity contribution in [1.29, 1.82) is 0 Å². The molecule has 0 spiro atoms. The number of nitrogens with zero attached hydrogens (tertiary/aromatic N) is 2. The van der Waals surface area contributed by atoms with E-state index in [1.54, 1.807) is 0 Å². The first kappa shape index (κ1) is 14.5. The van der Waals surface area contributed by atoms with E-state index in [-0.39, 0.29) is 22.3 Å². The molecule has 104 valence electrons. The van der Waals surface area contributed by atoms with E-state index < -0.39 is 0 Å². The molecule has 1 aliphatic rings. The van der Waals surface area contributed by atoms with Crippen LogP contribution in [-0.4, -0.2) is 22.1 Å². The molecule has 2 rings (SSSR count). The van der Waals surface area contributed by atoms with Crippen LogP contribution in [-0.2, 0) is 0 Å². The van der Waals surface area contributed by atoms with Crippen molar-refractivity contribution in [2.75, 3.05) is 0 Å². The number of hydrogen-bond acceptors (Lipinski definition) is 3. The van der Waals surface area contributed by atoms with E-state index >= 15 is 0 Å². The Morgan fingerprint density at radius 3 is 2.42 bits per heavy atom. The molecule has 1 heterocycles. The molecule has 0 radical (unpaired) electrons. The van der Waals surface area contributed by atoms with Crippen molar-refractivity contribution in [3.8, 4) is 0 Å². The topological polar surface area (TPSA) is 54.9 Å². The zero-order chi connectivity index (χ0) is 13.7. The first-order valence-corrected chi connectivity index (χ1v) is 7.42. The summed E-state index contributed by atoms with van der Waals surface area (Å²) in [6.45, 7) is 0. The van der Waals surface area contributed by atoms with E-state index in [4.69, 9.17) is 23.2 Å². The number of carbonyl (C=O) groups excluding carboxylic acids is 1. The van der Waals surface area contributed by atoms with Crippen LogP contribution >= 0.6 is 23.2 Å². The van der Waals surface area contributed by atoms with E-state index in [1.165, 1.54) is 25.3 Å². The fraction of sp³-hybridized carbons (Fsp3) is 0.615. The molecule has 0 aromatic carbocycles. The van der Waals surface area contributed by atoms with Gasteiger partial charge in [0.15, 0.2) is 10.3 Å². The fourth-order valence-corrected chi connectivity index (χ4v) is 2.70. The Hall–Kier alpha value is -0.870. The van der Waals surface area contributed by atoms with Crippen molar-refractivity contribution in [3.05, 3.63) is 21.9 Å². The van der Waals surface area contributed by atoms with Crippen molar-refractivity contribution in [1.82, 2.24) is 15.5 Å². The smallest absolute Gasteiger partial charge is 0.254 e. The highest BCUT2D eigenvalue weighted by Crippen LogP contribution is 2.19. The quantitative estimate of drug-likeness (QED) is 0.907. The van der Waals surface area contributed by atoms with Gasteiger partial charge in [-0.2, -0.15) is 0 Å². The van der Waals surface area contributed by atoms with E-state index in [0.717, 1.165) is 25.7 Å². The second kappa shape index (κ2) is 7.06. The Morgan fingerprint density at radius 1 is 1.11 bits per heavy atom. The molecule has 1 aliphatic carbocycles. The minimum atomic E-state index is -0.215. The van der Waals surface area contributed by atoms with Crippen molar-refractivity contribution < 1.29 is 4.79 Å². The van der Waals surface area contributed by atoms with Crippen LogP contribution in [0.3, 0.4) is 0 Å². The summed E-state index contributed by atoms with van der Waals surface area (Å²) in [6.07, 6.45) is 8.16. The van der Waals surface area contributed by atoms with Crippen LogP contribution in [0.2, 0.25) is 10.3 Å². The number of hydrogen-bond donors (Lipinski definition) is 1. The lowest BCUT2D eigenvalue weighted by Crippen LogP contribution is -2.35. The van der Waals surface area contributed by atoms with Crippen LogP contribution in [0.15, 0.2) is 6.07 Å². The van der Waals surface area contributed by atoms with Gasteiger partial charge in [-0.3, -0.25) is 4.79 Å². The van der Waals surface area contributed by atoms with Crippen LogP contribution in [0, 0.1) is 0 Å². The van der Waals surface area contributed by atoms with Gasteiger partial charge in [-0.05, 0) is 18.9 Å². The van der Waals surface area contributed by atoms with Crippen LogP contribution in [0.1, 0.15) is 55.3 Å². The van der Waals surface area contributed by atoms with Gasteiger partial charge in [0.05, 0.1) is 5.56 Å². The number of amides is 1. The average molecular weight is 302 g/mol. The van der Waals surface area contributed by atoms with Gasteiger partial charge in [0, 0.05) is 6.04 Å². The van der Waals surface area contributed by atoms with Gasteiger partial charge in [0.25, 0.3) is 5.91 Å². The highest BCUT2D eigenvalue weighted by Gasteiger charge is 2.18. The SMILES string of the molecule is O=C(NC1CCCCCCC1)c1cc(Cl)nnc1Cl. The van der Waals surface area contributed by atoms with Gasteiger partial charge in [-0.25, -0.2) is 0 Å². The first-order chi connectivity index (χ1) is 9.16. The number of rotatable bonds is 2. The van der Waals surface area contributed by atoms with E-state index in [1.807, 2.05) is 0 Å². The van der Waals surface area contributed by atoms with Gasteiger partial charge in [0.1, 0.15) is 0 Å². The Bertz CT molecular complexity index is 446. The second-order valence-corrected chi connectivity index (χ2v) is 5.63. The summed E-state index contributed by atoms with van der Waals surface area (Å²) >= 11 is 11.6. The Labute approximate surface area is 122 Å². The Morgan fingerprint density at radius 2 is 1.74 bits per heavy atom. The molecule has 1 N–H and O–H groups in total. The maximum absolute atomic E-state index is 12.2. The zero-order valence-electron chi connectivity index (χ0n) is 10.7. The minimum Gasteiger partial charge on any atom is -0.349 e. The predicted molar refractivity (Wildman–Crippen MR) is 75.6 cm³/mol. The van der Waals surface area contributed by atoms with Gasteiger partial charge >= 0.3 is 0 Å². The molecule has 1 fully saturated rings. The molecule has 0 saturated heterocycles. The molecule has 19 heavy (non-hydrogen) atoms. The second-order valence-electron chi connectivity index (χ2n) is 4.89. The third-order valence-corrected chi connectivity index (χ3v) is 3.87. The summed E-state index contributed by atoms with van der Waals surface area (Å²) in [5, 5.41) is 10.5. The van der Waals surface area contributed by atoms with Gasteiger partial charge in [0.2, 0.25) is 0 Å². The van der Waals surface area contributed by atoms with Crippen molar-refractivity contribution in [2.24, 2.45) is 0 Å². The third-order valence-electron chi connectivity index (χ3n) is 3.40. The van der Waals surface area contributed by atoms with E-state index in [9.17, 15) is 4.79 Å². The number of carbonyl (C=O) groups is 1. The maximum Gasteiger partial charge on any atom is 0.254 e. The molecule has 1 saturated carbocycles. The molecule has 1 aromatic heterocycles. The Kier molecular flexibility index (Phi) is 5.40. The van der Waals surface area contributed by atoms with Crippen molar-refractivity contribution in [3.63, 3.8) is 0 Å². The number of nitrogens with one attached hydrogen (secondary N) is 1. The number of aromatic nitrogens is 2. The molecule has 0 unspecified atom stereocenters. The highest BCUT2D eigenvalue weighted by atomic mass is 35.5. The monoisotopic (exact) mass is 301 g/mol. The number of halogens is 2. The summed E-state index contributed by atoms with van der Waals surface area (Å²) in [5.41, 5.74) is 0.295. The highest BCUT2D eigenvalue weighted by molar-refractivity contribution is 6.34. The van der Waals surface area contributed by atoms with Crippen LogP contribution in [0.4, 0.5) is 0 Å². The largest absolute Gasteiger partial charge is 0.349 e. The van der Waals surface area contributed by atoms with E-state index in [0.29, 0.717) is 5.56 Å². The van der Waals surface area contributed by atoms with Gasteiger partial charge in [-0.1, -0.05) is 55.3 Å². The van der Waals surface area contributed by atoms with Gasteiger partial charge < -0.3 is 5.32 Å². The standard InChI is InChI=1S/C13H17Cl2N3O/c14-11-8-10(12(15)18-17-11)13(19)16-9-6-4-2-1-3-5-7-9/h8-9H,1-7H2,(H,16,19). The Balaban J connectivity index is 2.00. The molecule has 1 amide bonds. The zero-order valence-corrected chi connectivity index (χ0v) is 12.2. The lowest BCUT2D eigenvalue weighted by Gasteiger charge is -2.21. The summed E-state index contributed by atoms with van der Waals surface area (Å²) in [6, 6.07) is 1.67. The molecule has 1 aromatic rings. The first-order valence-electron chi connectivity index (χ1n) is 6.66. The molecular weight excluding hydrogens is 285 g/mol.